The summed E-state index contributed by atoms with van der Waals surface area (Å²) in [6.45, 7) is 0.390. The van der Waals surface area contributed by atoms with Crippen molar-refractivity contribution in [2.75, 3.05) is 6.54 Å². The summed E-state index contributed by atoms with van der Waals surface area (Å²) in [6, 6.07) is 5.74. The molecule has 1 aliphatic rings. The predicted molar refractivity (Wildman–Crippen MR) is 75.3 cm³/mol. The average molecular weight is 266 g/mol. The molecule has 0 unspecified atom stereocenters. The van der Waals surface area contributed by atoms with E-state index in [9.17, 15) is 4.79 Å². The Bertz CT molecular complexity index is 425. The zero-order valence-corrected chi connectivity index (χ0v) is 11.4. The van der Waals surface area contributed by atoms with E-state index in [1.54, 1.807) is 0 Å². The van der Waals surface area contributed by atoms with Crippen LogP contribution in [0, 0.1) is 0 Å². The maximum atomic E-state index is 11.7. The molecule has 1 saturated carbocycles. The Morgan fingerprint density at radius 3 is 2.61 bits per heavy atom. The molecule has 1 aromatic rings. The second-order valence-corrected chi connectivity index (χ2v) is 5.44. The van der Waals surface area contributed by atoms with Crippen molar-refractivity contribution in [2.24, 2.45) is 5.73 Å². The molecule has 2 N–H and O–H groups in total. The number of carbonyl (C=O) groups is 1. The van der Waals surface area contributed by atoms with E-state index >= 15 is 0 Å². The Kier molecular flexibility index (Phi) is 4.79. The monoisotopic (exact) mass is 265 g/mol. The van der Waals surface area contributed by atoms with E-state index in [0.717, 1.165) is 5.02 Å². The van der Waals surface area contributed by atoms with Gasteiger partial charge in [-0.3, -0.25) is 4.79 Å². The minimum Gasteiger partial charge on any atom is -0.330 e. The van der Waals surface area contributed by atoms with Gasteiger partial charge in [0.15, 0.2) is 5.78 Å². The van der Waals surface area contributed by atoms with Crippen molar-refractivity contribution in [3.63, 3.8) is 0 Å². The second kappa shape index (κ2) is 6.35. The number of rotatable bonds is 4. The first-order valence-corrected chi connectivity index (χ1v) is 7.13. The van der Waals surface area contributed by atoms with Crippen LogP contribution in [0.25, 0.3) is 0 Å². The Morgan fingerprint density at radius 1 is 1.28 bits per heavy atom. The van der Waals surface area contributed by atoms with Gasteiger partial charge in [-0.05, 0) is 36.9 Å². The molecular formula is C15H20ClNO. The second-order valence-electron chi connectivity index (χ2n) is 5.03. The highest BCUT2D eigenvalue weighted by molar-refractivity contribution is 6.31. The van der Waals surface area contributed by atoms with Gasteiger partial charge in [0.05, 0.1) is 0 Å². The summed E-state index contributed by atoms with van der Waals surface area (Å²) in [7, 11) is 0. The molecule has 0 amide bonds. The summed E-state index contributed by atoms with van der Waals surface area (Å²) in [5.74, 6) is 0.652. The summed E-state index contributed by atoms with van der Waals surface area (Å²) in [5, 5.41) is 0.741. The van der Waals surface area contributed by atoms with Gasteiger partial charge in [0, 0.05) is 17.0 Å². The Morgan fingerprint density at radius 2 is 2.00 bits per heavy atom. The lowest BCUT2D eigenvalue weighted by molar-refractivity contribution is 0.0985. The Labute approximate surface area is 114 Å². The SMILES string of the molecule is NCCC(=O)c1ccc(C2CCCCC2)c(Cl)c1. The fourth-order valence-corrected chi connectivity index (χ4v) is 3.06. The van der Waals surface area contributed by atoms with E-state index in [4.69, 9.17) is 17.3 Å². The van der Waals surface area contributed by atoms with Crippen LogP contribution < -0.4 is 5.73 Å². The third-order valence-electron chi connectivity index (χ3n) is 3.74. The molecule has 18 heavy (non-hydrogen) atoms. The van der Waals surface area contributed by atoms with Crippen LogP contribution in [0.5, 0.6) is 0 Å². The van der Waals surface area contributed by atoms with Crippen molar-refractivity contribution in [1.82, 2.24) is 0 Å². The standard InChI is InChI=1S/C15H20ClNO/c16-14-10-12(15(18)8-9-17)6-7-13(14)11-4-2-1-3-5-11/h6-7,10-11H,1-5,8-9,17H2. The molecule has 0 atom stereocenters. The topological polar surface area (TPSA) is 43.1 Å². The predicted octanol–water partition coefficient (Wildman–Crippen LogP) is 3.92. The zero-order valence-electron chi connectivity index (χ0n) is 10.6. The number of hydrogen-bond acceptors (Lipinski definition) is 2. The van der Waals surface area contributed by atoms with E-state index in [2.05, 4.69) is 0 Å². The summed E-state index contributed by atoms with van der Waals surface area (Å²) >= 11 is 6.32. The quantitative estimate of drug-likeness (QED) is 0.839. The Hall–Kier alpha value is -0.860. The van der Waals surface area contributed by atoms with Crippen LogP contribution in [-0.4, -0.2) is 12.3 Å². The summed E-state index contributed by atoms with van der Waals surface area (Å²) < 4.78 is 0. The number of ketones is 1. The smallest absolute Gasteiger partial charge is 0.164 e. The van der Waals surface area contributed by atoms with Crippen LogP contribution in [0.4, 0.5) is 0 Å². The highest BCUT2D eigenvalue weighted by Gasteiger charge is 2.18. The lowest BCUT2D eigenvalue weighted by Gasteiger charge is -2.23. The normalized spacial score (nSPS) is 16.8. The number of halogens is 1. The van der Waals surface area contributed by atoms with Gasteiger partial charge in [-0.1, -0.05) is 43.0 Å². The first-order valence-electron chi connectivity index (χ1n) is 6.75. The molecule has 1 fully saturated rings. The molecule has 0 spiro atoms. The van der Waals surface area contributed by atoms with Gasteiger partial charge in [-0.25, -0.2) is 0 Å². The van der Waals surface area contributed by atoms with Crippen molar-refractivity contribution in [3.05, 3.63) is 34.3 Å². The number of nitrogens with two attached hydrogens (primary N) is 1. The van der Waals surface area contributed by atoms with Gasteiger partial charge in [0.2, 0.25) is 0 Å². The van der Waals surface area contributed by atoms with E-state index in [1.807, 2.05) is 18.2 Å². The van der Waals surface area contributed by atoms with Crippen LogP contribution in [0.15, 0.2) is 18.2 Å². The highest BCUT2D eigenvalue weighted by atomic mass is 35.5. The number of benzene rings is 1. The lowest BCUT2D eigenvalue weighted by Crippen LogP contribution is -2.09. The van der Waals surface area contributed by atoms with Crippen LogP contribution in [0.2, 0.25) is 5.02 Å². The van der Waals surface area contributed by atoms with E-state index < -0.39 is 0 Å². The van der Waals surface area contributed by atoms with Gasteiger partial charge in [-0.2, -0.15) is 0 Å². The van der Waals surface area contributed by atoms with Gasteiger partial charge in [-0.15, -0.1) is 0 Å². The van der Waals surface area contributed by atoms with Crippen molar-refractivity contribution < 1.29 is 4.79 Å². The summed E-state index contributed by atoms with van der Waals surface area (Å²) in [6.07, 6.45) is 6.73. The van der Waals surface area contributed by atoms with E-state index in [-0.39, 0.29) is 5.78 Å². The molecule has 0 bridgehead atoms. The van der Waals surface area contributed by atoms with Gasteiger partial charge in [0.25, 0.3) is 0 Å². The van der Waals surface area contributed by atoms with Crippen molar-refractivity contribution in [2.45, 2.75) is 44.4 Å². The maximum Gasteiger partial charge on any atom is 0.164 e. The molecule has 0 aliphatic heterocycles. The minimum atomic E-state index is 0.0783. The maximum absolute atomic E-state index is 11.7. The molecule has 2 nitrogen and oxygen atoms in total. The van der Waals surface area contributed by atoms with E-state index in [1.165, 1.54) is 37.7 Å². The van der Waals surface area contributed by atoms with Crippen molar-refractivity contribution in [3.8, 4) is 0 Å². The number of carbonyl (C=O) groups excluding carboxylic acids is 1. The molecule has 0 saturated heterocycles. The molecule has 0 heterocycles. The molecule has 2 rings (SSSR count). The minimum absolute atomic E-state index is 0.0783. The zero-order chi connectivity index (χ0) is 13.0. The van der Waals surface area contributed by atoms with Crippen LogP contribution in [0.3, 0.4) is 0 Å². The average Bonchev–Trinajstić information content (AvgIpc) is 2.40. The first kappa shape index (κ1) is 13.6. The number of hydrogen-bond donors (Lipinski definition) is 1. The van der Waals surface area contributed by atoms with Crippen LogP contribution in [0.1, 0.15) is 60.4 Å². The summed E-state index contributed by atoms with van der Waals surface area (Å²) in [5.41, 5.74) is 7.29. The van der Waals surface area contributed by atoms with E-state index in [0.29, 0.717) is 24.4 Å². The number of Topliss-reactive ketones (excluding diaryl/α,β-unsaturated/α-hetero) is 1. The fourth-order valence-electron chi connectivity index (χ4n) is 2.72. The van der Waals surface area contributed by atoms with Gasteiger partial charge >= 0.3 is 0 Å². The van der Waals surface area contributed by atoms with Gasteiger partial charge in [0.1, 0.15) is 0 Å². The lowest BCUT2D eigenvalue weighted by atomic mass is 9.83. The molecule has 0 aromatic heterocycles. The highest BCUT2D eigenvalue weighted by Crippen LogP contribution is 2.36. The first-order chi connectivity index (χ1) is 8.72. The van der Waals surface area contributed by atoms with Gasteiger partial charge < -0.3 is 5.73 Å². The molecule has 3 heteroatoms. The van der Waals surface area contributed by atoms with Crippen LogP contribution in [-0.2, 0) is 0 Å². The summed E-state index contributed by atoms with van der Waals surface area (Å²) in [4.78, 5) is 11.7. The molecule has 1 aliphatic carbocycles. The third kappa shape index (κ3) is 3.12. The van der Waals surface area contributed by atoms with Crippen molar-refractivity contribution >= 4 is 17.4 Å². The largest absolute Gasteiger partial charge is 0.330 e. The fraction of sp³-hybridized carbons (Fsp3) is 0.533. The third-order valence-corrected chi connectivity index (χ3v) is 4.07. The van der Waals surface area contributed by atoms with Crippen molar-refractivity contribution in [1.29, 1.82) is 0 Å². The molecule has 98 valence electrons. The molecule has 0 radical (unpaired) electrons. The molecule has 1 aromatic carbocycles. The Balaban J connectivity index is 2.16. The van der Waals surface area contributed by atoms with Crippen LogP contribution >= 0.6 is 11.6 Å². The molecular weight excluding hydrogens is 246 g/mol.